The number of likely N-dealkylation sites (tertiary alicyclic amines) is 2. The molecule has 3 aromatic rings. The van der Waals surface area contributed by atoms with Gasteiger partial charge in [-0.05, 0) is 86.1 Å². The Labute approximate surface area is 211 Å². The van der Waals surface area contributed by atoms with Gasteiger partial charge in [-0.2, -0.15) is 0 Å². The average molecular weight is 488 g/mol. The van der Waals surface area contributed by atoms with E-state index >= 15 is 0 Å². The highest BCUT2D eigenvalue weighted by atomic mass is 16.5. The highest BCUT2D eigenvalue weighted by Gasteiger charge is 2.38. The Morgan fingerprint density at radius 1 is 0.917 bits per heavy atom. The van der Waals surface area contributed by atoms with Crippen LogP contribution in [0.4, 0.5) is 0 Å². The number of hydrogen-bond donors (Lipinski definition) is 1. The predicted octanol–water partition coefficient (Wildman–Crippen LogP) is 4.69. The number of rotatable bonds is 6. The lowest BCUT2D eigenvalue weighted by atomic mass is 9.71. The first kappa shape index (κ1) is 24.1. The lowest BCUT2D eigenvalue weighted by Gasteiger charge is -2.47. The Balaban J connectivity index is 1.14. The van der Waals surface area contributed by atoms with Crippen LogP contribution in [0.2, 0.25) is 0 Å². The normalized spacial score (nSPS) is 17.6. The standard InChI is InChI=1S/C29H33N3O4/c1-35-25-9-2-3-10-26(25)36-23-7-4-6-22(20-23)21-31-16-11-29(12-17-31)13-18-32(19-14-29)28(34)24-8-5-15-30-27(24)33/h2-10,15,20H,11-14,16-19,21H2,1H3,(H,30,33). The molecule has 2 aliphatic rings. The topological polar surface area (TPSA) is 74.9 Å². The molecule has 1 N–H and O–H groups in total. The molecule has 7 nitrogen and oxygen atoms in total. The van der Waals surface area contributed by atoms with E-state index in [4.69, 9.17) is 9.47 Å². The van der Waals surface area contributed by atoms with E-state index in [1.54, 1.807) is 25.4 Å². The molecular weight excluding hydrogens is 454 g/mol. The number of methoxy groups -OCH3 is 1. The van der Waals surface area contributed by atoms with Crippen LogP contribution in [0.15, 0.2) is 71.7 Å². The van der Waals surface area contributed by atoms with Gasteiger partial charge in [0.25, 0.3) is 11.5 Å². The number of aromatic nitrogens is 1. The van der Waals surface area contributed by atoms with E-state index in [9.17, 15) is 9.59 Å². The van der Waals surface area contributed by atoms with Crippen LogP contribution in [0.3, 0.4) is 0 Å². The number of carbonyl (C=O) groups is 1. The zero-order chi connectivity index (χ0) is 25.0. The minimum atomic E-state index is -0.312. The molecule has 1 spiro atoms. The molecule has 0 bridgehead atoms. The Morgan fingerprint density at radius 3 is 2.36 bits per heavy atom. The van der Waals surface area contributed by atoms with E-state index in [1.807, 2.05) is 41.3 Å². The maximum Gasteiger partial charge on any atom is 0.260 e. The molecule has 0 aliphatic carbocycles. The molecule has 2 saturated heterocycles. The highest BCUT2D eigenvalue weighted by Crippen LogP contribution is 2.42. The molecule has 2 aromatic carbocycles. The second-order valence-corrected chi connectivity index (χ2v) is 9.88. The van der Waals surface area contributed by atoms with Gasteiger partial charge in [0.15, 0.2) is 11.5 Å². The monoisotopic (exact) mass is 487 g/mol. The fourth-order valence-electron chi connectivity index (χ4n) is 5.43. The van der Waals surface area contributed by atoms with Crippen LogP contribution in [-0.4, -0.2) is 54.0 Å². The molecule has 7 heteroatoms. The highest BCUT2D eigenvalue weighted by molar-refractivity contribution is 5.93. The number of H-pyrrole nitrogens is 1. The van der Waals surface area contributed by atoms with E-state index < -0.39 is 0 Å². The molecule has 5 rings (SSSR count). The van der Waals surface area contributed by atoms with Gasteiger partial charge >= 0.3 is 0 Å². The smallest absolute Gasteiger partial charge is 0.260 e. The van der Waals surface area contributed by atoms with Crippen LogP contribution < -0.4 is 15.0 Å². The van der Waals surface area contributed by atoms with Crippen molar-refractivity contribution >= 4 is 5.91 Å². The van der Waals surface area contributed by atoms with E-state index in [0.717, 1.165) is 64.2 Å². The molecule has 2 fully saturated rings. The summed E-state index contributed by atoms with van der Waals surface area (Å²) in [6, 6.07) is 19.2. The van der Waals surface area contributed by atoms with Crippen molar-refractivity contribution in [2.24, 2.45) is 5.41 Å². The van der Waals surface area contributed by atoms with Gasteiger partial charge in [-0.25, -0.2) is 0 Å². The number of piperidine rings is 2. The molecule has 188 valence electrons. The Kier molecular flexibility index (Phi) is 7.09. The lowest BCUT2D eigenvalue weighted by molar-refractivity contribution is 0.0284. The second-order valence-electron chi connectivity index (χ2n) is 9.88. The van der Waals surface area contributed by atoms with Crippen LogP contribution in [0.5, 0.6) is 17.2 Å². The number of hydrogen-bond acceptors (Lipinski definition) is 5. The fourth-order valence-corrected chi connectivity index (χ4v) is 5.43. The zero-order valence-electron chi connectivity index (χ0n) is 20.7. The maximum atomic E-state index is 12.8. The van der Waals surface area contributed by atoms with Gasteiger partial charge in [0.1, 0.15) is 11.3 Å². The summed E-state index contributed by atoms with van der Waals surface area (Å²) in [6.45, 7) is 4.42. The Hall–Kier alpha value is -3.58. The Morgan fingerprint density at radius 2 is 1.64 bits per heavy atom. The van der Waals surface area contributed by atoms with Gasteiger partial charge in [0, 0.05) is 25.8 Å². The molecule has 0 saturated carbocycles. The molecule has 36 heavy (non-hydrogen) atoms. The molecule has 3 heterocycles. The van der Waals surface area contributed by atoms with Crippen molar-refractivity contribution in [3.63, 3.8) is 0 Å². The maximum absolute atomic E-state index is 12.8. The first-order chi connectivity index (χ1) is 17.5. The number of ether oxygens (including phenoxy) is 2. The largest absolute Gasteiger partial charge is 0.493 e. The van der Waals surface area contributed by atoms with Gasteiger partial charge in [-0.1, -0.05) is 24.3 Å². The molecule has 1 aromatic heterocycles. The number of amides is 1. The summed E-state index contributed by atoms with van der Waals surface area (Å²) in [5, 5.41) is 0. The summed E-state index contributed by atoms with van der Waals surface area (Å²) in [6.07, 6.45) is 5.83. The molecular formula is C29H33N3O4. The van der Waals surface area contributed by atoms with Crippen molar-refractivity contribution in [3.05, 3.63) is 88.3 Å². The summed E-state index contributed by atoms with van der Waals surface area (Å²) in [5.74, 6) is 2.07. The van der Waals surface area contributed by atoms with Gasteiger partial charge < -0.3 is 19.4 Å². The van der Waals surface area contributed by atoms with Crippen LogP contribution >= 0.6 is 0 Å². The number of pyridine rings is 1. The van der Waals surface area contributed by atoms with Gasteiger partial charge in [-0.15, -0.1) is 0 Å². The third kappa shape index (κ3) is 5.31. The third-order valence-electron chi connectivity index (χ3n) is 7.68. The number of aromatic amines is 1. The minimum absolute atomic E-state index is 0.153. The van der Waals surface area contributed by atoms with Crippen LogP contribution in [0.1, 0.15) is 41.6 Å². The van der Waals surface area contributed by atoms with Crippen molar-refractivity contribution in [1.29, 1.82) is 0 Å². The average Bonchev–Trinajstić information content (AvgIpc) is 2.91. The third-order valence-corrected chi connectivity index (χ3v) is 7.68. The molecule has 2 aliphatic heterocycles. The van der Waals surface area contributed by atoms with Crippen molar-refractivity contribution in [3.8, 4) is 17.2 Å². The number of nitrogens with zero attached hydrogens (tertiary/aromatic N) is 2. The van der Waals surface area contributed by atoms with E-state index in [0.29, 0.717) is 16.9 Å². The summed E-state index contributed by atoms with van der Waals surface area (Å²) < 4.78 is 11.5. The van der Waals surface area contributed by atoms with Gasteiger partial charge in [0.2, 0.25) is 0 Å². The summed E-state index contributed by atoms with van der Waals surface area (Å²) in [7, 11) is 1.65. The lowest BCUT2D eigenvalue weighted by Crippen LogP contribution is -2.48. The zero-order valence-corrected chi connectivity index (χ0v) is 20.7. The minimum Gasteiger partial charge on any atom is -0.493 e. The van der Waals surface area contributed by atoms with Crippen LogP contribution in [0, 0.1) is 5.41 Å². The van der Waals surface area contributed by atoms with Crippen molar-refractivity contribution in [2.45, 2.75) is 32.2 Å². The van der Waals surface area contributed by atoms with Crippen LogP contribution in [-0.2, 0) is 6.54 Å². The molecule has 0 atom stereocenters. The quantitative estimate of drug-likeness (QED) is 0.546. The first-order valence-electron chi connectivity index (χ1n) is 12.6. The number of para-hydroxylation sites is 2. The van der Waals surface area contributed by atoms with Crippen LogP contribution in [0.25, 0.3) is 0 Å². The number of benzene rings is 2. The van der Waals surface area contributed by atoms with E-state index in [1.165, 1.54) is 5.56 Å². The van der Waals surface area contributed by atoms with E-state index in [-0.39, 0.29) is 17.0 Å². The predicted molar refractivity (Wildman–Crippen MR) is 139 cm³/mol. The summed E-state index contributed by atoms with van der Waals surface area (Å²) >= 11 is 0. The van der Waals surface area contributed by atoms with Crippen molar-refractivity contribution < 1.29 is 14.3 Å². The van der Waals surface area contributed by atoms with Gasteiger partial charge in [0.05, 0.1) is 7.11 Å². The SMILES string of the molecule is COc1ccccc1Oc1cccc(CN2CCC3(CC2)CCN(C(=O)c2ccc[nH]c2=O)CC3)c1. The number of nitrogens with one attached hydrogen (secondary N) is 1. The second kappa shape index (κ2) is 10.6. The van der Waals surface area contributed by atoms with E-state index in [2.05, 4.69) is 22.0 Å². The van der Waals surface area contributed by atoms with Crippen molar-refractivity contribution in [1.82, 2.24) is 14.8 Å². The number of carbonyl (C=O) groups excluding carboxylic acids is 1. The summed E-state index contributed by atoms with van der Waals surface area (Å²) in [5.41, 5.74) is 1.45. The van der Waals surface area contributed by atoms with Gasteiger partial charge in [-0.3, -0.25) is 14.5 Å². The van der Waals surface area contributed by atoms with Crippen molar-refractivity contribution in [2.75, 3.05) is 33.3 Å². The molecule has 1 amide bonds. The first-order valence-corrected chi connectivity index (χ1v) is 12.6. The Bertz CT molecular complexity index is 1250. The molecule has 0 unspecified atom stereocenters. The molecule has 0 radical (unpaired) electrons. The summed E-state index contributed by atoms with van der Waals surface area (Å²) in [4.78, 5) is 31.8. The fraction of sp³-hybridized carbons (Fsp3) is 0.379.